The molecule has 0 aromatic rings. The van der Waals surface area contributed by atoms with Gasteiger partial charge >= 0.3 is 0 Å². The zero-order valence-electron chi connectivity index (χ0n) is 15.3. The molecule has 1 spiro atoms. The van der Waals surface area contributed by atoms with Crippen LogP contribution in [0.5, 0.6) is 0 Å². The van der Waals surface area contributed by atoms with E-state index in [1.165, 1.54) is 25.7 Å². The molecule has 1 aliphatic heterocycles. The molecule has 4 aliphatic carbocycles. The molecule has 3 heteroatoms. The summed E-state index contributed by atoms with van der Waals surface area (Å²) in [5.74, 6) is 3.33. The predicted molar refractivity (Wildman–Crippen MR) is 91.4 cm³/mol. The van der Waals surface area contributed by atoms with Crippen molar-refractivity contribution >= 4 is 5.78 Å². The van der Waals surface area contributed by atoms with Gasteiger partial charge in [0.1, 0.15) is 5.78 Å². The first-order valence-electron chi connectivity index (χ1n) is 10.3. The second kappa shape index (κ2) is 5.07. The lowest BCUT2D eigenvalue weighted by atomic mass is 9.45. The summed E-state index contributed by atoms with van der Waals surface area (Å²) in [6.45, 7) is 6.40. The zero-order valence-corrected chi connectivity index (χ0v) is 15.3. The minimum atomic E-state index is -0.247. The number of ether oxygens (including phenoxy) is 2. The first-order chi connectivity index (χ1) is 11.5. The first-order valence-corrected chi connectivity index (χ1v) is 10.3. The topological polar surface area (TPSA) is 35.5 Å². The summed E-state index contributed by atoms with van der Waals surface area (Å²) in [7, 11) is 0. The van der Waals surface area contributed by atoms with E-state index in [1.54, 1.807) is 0 Å². The number of fused-ring (bicyclic) bond motifs is 5. The molecule has 5 aliphatic rings. The van der Waals surface area contributed by atoms with Crippen LogP contribution in [0.15, 0.2) is 0 Å². The summed E-state index contributed by atoms with van der Waals surface area (Å²) >= 11 is 0. The predicted octanol–water partition coefficient (Wildman–Crippen LogP) is 4.34. The quantitative estimate of drug-likeness (QED) is 0.662. The fraction of sp³-hybridized carbons (Fsp3) is 0.952. The molecule has 0 N–H and O–H groups in total. The molecule has 5 rings (SSSR count). The molecule has 0 aromatic heterocycles. The van der Waals surface area contributed by atoms with Gasteiger partial charge in [-0.3, -0.25) is 4.79 Å². The SMILES string of the molecule is C[C@@]12CCC3(C[C@@H]1CC[C@H]1[C@H]2CC[C@]2(C)C(=O)CC[C@@H]12)OCCO3. The van der Waals surface area contributed by atoms with Crippen molar-refractivity contribution in [3.05, 3.63) is 0 Å². The molecule has 0 bridgehead atoms. The van der Waals surface area contributed by atoms with Crippen molar-refractivity contribution in [2.75, 3.05) is 13.2 Å². The van der Waals surface area contributed by atoms with Crippen LogP contribution in [0.1, 0.15) is 71.6 Å². The van der Waals surface area contributed by atoms with E-state index in [1.807, 2.05) is 0 Å². The van der Waals surface area contributed by atoms with E-state index >= 15 is 0 Å². The summed E-state index contributed by atoms with van der Waals surface area (Å²) in [4.78, 5) is 12.5. The minimum Gasteiger partial charge on any atom is -0.348 e. The first kappa shape index (κ1) is 15.8. The Morgan fingerprint density at radius 1 is 0.917 bits per heavy atom. The smallest absolute Gasteiger partial charge is 0.168 e. The molecule has 3 nitrogen and oxygen atoms in total. The fourth-order valence-corrected chi connectivity index (χ4v) is 7.73. The highest BCUT2D eigenvalue weighted by Crippen LogP contribution is 2.66. The Hall–Kier alpha value is -0.410. The molecule has 0 radical (unpaired) electrons. The average molecular weight is 332 g/mol. The number of hydrogen-bond acceptors (Lipinski definition) is 3. The maximum absolute atomic E-state index is 12.5. The summed E-state index contributed by atoms with van der Waals surface area (Å²) < 4.78 is 12.1. The second-order valence-electron chi connectivity index (χ2n) is 9.89. The highest BCUT2D eigenvalue weighted by Gasteiger charge is 2.62. The van der Waals surface area contributed by atoms with Crippen molar-refractivity contribution in [2.45, 2.75) is 77.4 Å². The van der Waals surface area contributed by atoms with Crippen LogP contribution in [0.3, 0.4) is 0 Å². The molecule has 5 fully saturated rings. The van der Waals surface area contributed by atoms with E-state index in [0.29, 0.717) is 17.1 Å². The van der Waals surface area contributed by atoms with Gasteiger partial charge in [-0.2, -0.15) is 0 Å². The monoisotopic (exact) mass is 332 g/mol. The van der Waals surface area contributed by atoms with Crippen LogP contribution in [0.4, 0.5) is 0 Å². The molecule has 0 amide bonds. The van der Waals surface area contributed by atoms with E-state index in [2.05, 4.69) is 13.8 Å². The van der Waals surface area contributed by atoms with Crippen LogP contribution in [-0.2, 0) is 14.3 Å². The molecule has 0 aromatic carbocycles. The van der Waals surface area contributed by atoms with Crippen molar-refractivity contribution in [1.29, 1.82) is 0 Å². The van der Waals surface area contributed by atoms with Gasteiger partial charge in [0.05, 0.1) is 13.2 Å². The number of Topliss-reactive ketones (excluding diaryl/α,β-unsaturated/α-hetero) is 1. The van der Waals surface area contributed by atoms with Gasteiger partial charge in [-0.05, 0) is 67.6 Å². The van der Waals surface area contributed by atoms with Crippen LogP contribution in [0.2, 0.25) is 0 Å². The highest BCUT2D eigenvalue weighted by molar-refractivity contribution is 5.87. The third kappa shape index (κ3) is 1.95. The third-order valence-electron chi connectivity index (χ3n) is 9.19. The van der Waals surface area contributed by atoms with E-state index < -0.39 is 0 Å². The normalized spacial score (nSPS) is 52.8. The Kier molecular flexibility index (Phi) is 3.34. The molecule has 134 valence electrons. The Labute approximate surface area is 145 Å². The van der Waals surface area contributed by atoms with Gasteiger partial charge in [0.2, 0.25) is 0 Å². The highest BCUT2D eigenvalue weighted by atomic mass is 16.7. The largest absolute Gasteiger partial charge is 0.348 e. The van der Waals surface area contributed by atoms with Crippen LogP contribution >= 0.6 is 0 Å². The lowest BCUT2D eigenvalue weighted by molar-refractivity contribution is -0.228. The summed E-state index contributed by atoms with van der Waals surface area (Å²) in [6, 6.07) is 0. The summed E-state index contributed by atoms with van der Waals surface area (Å²) in [6.07, 6.45) is 10.5. The van der Waals surface area contributed by atoms with Crippen molar-refractivity contribution in [2.24, 2.45) is 34.5 Å². The van der Waals surface area contributed by atoms with Gasteiger partial charge in [-0.25, -0.2) is 0 Å². The number of rotatable bonds is 0. The number of hydrogen-bond donors (Lipinski definition) is 0. The van der Waals surface area contributed by atoms with E-state index in [9.17, 15) is 4.79 Å². The minimum absolute atomic E-state index is 0.0118. The Bertz CT molecular complexity index is 551. The average Bonchev–Trinajstić information content (AvgIpc) is 3.14. The number of ketones is 1. The van der Waals surface area contributed by atoms with E-state index in [0.717, 1.165) is 63.1 Å². The number of carbonyl (C=O) groups excluding carboxylic acids is 1. The molecule has 6 atom stereocenters. The van der Waals surface area contributed by atoms with Gasteiger partial charge < -0.3 is 9.47 Å². The summed E-state index contributed by atoms with van der Waals surface area (Å²) in [5.41, 5.74) is 0.453. The number of carbonyl (C=O) groups is 1. The van der Waals surface area contributed by atoms with Crippen molar-refractivity contribution in [1.82, 2.24) is 0 Å². The van der Waals surface area contributed by atoms with Gasteiger partial charge in [0.25, 0.3) is 0 Å². The molecule has 4 saturated carbocycles. The molecular formula is C21H32O3. The van der Waals surface area contributed by atoms with Crippen molar-refractivity contribution in [3.8, 4) is 0 Å². The Balaban J connectivity index is 1.42. The van der Waals surface area contributed by atoms with Gasteiger partial charge in [-0.15, -0.1) is 0 Å². The zero-order chi connectivity index (χ0) is 16.6. The van der Waals surface area contributed by atoms with E-state index in [-0.39, 0.29) is 11.2 Å². The second-order valence-corrected chi connectivity index (χ2v) is 9.89. The molecule has 24 heavy (non-hydrogen) atoms. The van der Waals surface area contributed by atoms with Crippen LogP contribution < -0.4 is 0 Å². The summed E-state index contributed by atoms with van der Waals surface area (Å²) in [5, 5.41) is 0. The van der Waals surface area contributed by atoms with Crippen molar-refractivity contribution < 1.29 is 14.3 Å². The van der Waals surface area contributed by atoms with Gasteiger partial charge in [0, 0.05) is 24.7 Å². The molecular weight excluding hydrogens is 300 g/mol. The Morgan fingerprint density at radius 2 is 1.71 bits per heavy atom. The standard InChI is InChI=1S/C21H32O3/c1-19-9-10-21(23-11-12-24-21)13-14(19)3-4-15-16-5-6-18(22)20(16,2)8-7-17(15)19/h14-17H,3-13H2,1-2H3/t14-,15+,16-,17+,19+,20-/m0/s1. The fourth-order valence-electron chi connectivity index (χ4n) is 7.73. The van der Waals surface area contributed by atoms with Gasteiger partial charge in [-0.1, -0.05) is 13.8 Å². The molecule has 1 saturated heterocycles. The van der Waals surface area contributed by atoms with Crippen molar-refractivity contribution in [3.63, 3.8) is 0 Å². The third-order valence-corrected chi connectivity index (χ3v) is 9.19. The van der Waals surface area contributed by atoms with Crippen LogP contribution in [-0.4, -0.2) is 24.8 Å². The van der Waals surface area contributed by atoms with Gasteiger partial charge in [0.15, 0.2) is 5.79 Å². The maximum atomic E-state index is 12.5. The van der Waals surface area contributed by atoms with Crippen LogP contribution in [0.25, 0.3) is 0 Å². The van der Waals surface area contributed by atoms with E-state index in [4.69, 9.17) is 9.47 Å². The maximum Gasteiger partial charge on any atom is 0.168 e. The lowest BCUT2D eigenvalue weighted by Gasteiger charge is -2.61. The lowest BCUT2D eigenvalue weighted by Crippen LogP contribution is -2.56. The molecule has 0 unspecified atom stereocenters. The Morgan fingerprint density at radius 3 is 2.50 bits per heavy atom. The van der Waals surface area contributed by atoms with Crippen LogP contribution in [0, 0.1) is 34.5 Å². The molecule has 1 heterocycles.